The second-order valence-corrected chi connectivity index (χ2v) is 4.71. The van der Waals surface area contributed by atoms with Crippen LogP contribution in [-0.4, -0.2) is 17.1 Å². The van der Waals surface area contributed by atoms with Crippen molar-refractivity contribution in [2.45, 2.75) is 6.61 Å². The molecule has 0 saturated heterocycles. The highest BCUT2D eigenvalue weighted by molar-refractivity contribution is 9.10. The highest BCUT2D eigenvalue weighted by atomic mass is 79.9. The monoisotopic (exact) mass is 341 g/mol. The summed E-state index contributed by atoms with van der Waals surface area (Å²) >= 11 is 3.28. The van der Waals surface area contributed by atoms with E-state index in [-0.39, 0.29) is 12.3 Å². The van der Waals surface area contributed by atoms with E-state index in [1.807, 2.05) is 0 Å². The number of methoxy groups -OCH3 is 1. The fraction of sp³-hybridized carbons (Fsp3) is 0.167. The van der Waals surface area contributed by atoms with E-state index in [0.29, 0.717) is 21.9 Å². The molecule has 0 bridgehead atoms. The first kappa shape index (κ1) is 14.6. The molecule has 6 nitrogen and oxygen atoms in total. The SMILES string of the molecule is COCc1nc(NN)cc(Nc2c(F)cccc2Br)n1. The number of nitrogens with zero attached hydrogens (tertiary/aromatic N) is 2. The van der Waals surface area contributed by atoms with Crippen molar-refractivity contribution in [3.63, 3.8) is 0 Å². The summed E-state index contributed by atoms with van der Waals surface area (Å²) in [5.74, 6) is 6.19. The molecule has 106 valence electrons. The topological polar surface area (TPSA) is 85.1 Å². The van der Waals surface area contributed by atoms with Crippen LogP contribution in [0.2, 0.25) is 0 Å². The Morgan fingerprint density at radius 2 is 2.10 bits per heavy atom. The predicted molar refractivity (Wildman–Crippen MR) is 77.9 cm³/mol. The summed E-state index contributed by atoms with van der Waals surface area (Å²) < 4.78 is 19.3. The van der Waals surface area contributed by atoms with Crippen LogP contribution in [0.25, 0.3) is 0 Å². The summed E-state index contributed by atoms with van der Waals surface area (Å²) in [6.07, 6.45) is 0. The third-order valence-corrected chi connectivity index (χ3v) is 3.07. The van der Waals surface area contributed by atoms with Gasteiger partial charge in [0.05, 0.1) is 5.69 Å². The van der Waals surface area contributed by atoms with Gasteiger partial charge in [0.25, 0.3) is 0 Å². The number of halogens is 2. The molecular weight excluding hydrogens is 329 g/mol. The minimum absolute atomic E-state index is 0.225. The summed E-state index contributed by atoms with van der Waals surface area (Å²) in [7, 11) is 1.53. The molecule has 1 aromatic carbocycles. The van der Waals surface area contributed by atoms with Crippen LogP contribution in [0.5, 0.6) is 0 Å². The van der Waals surface area contributed by atoms with E-state index in [0.717, 1.165) is 0 Å². The Bertz CT molecular complexity index is 590. The van der Waals surface area contributed by atoms with Crippen molar-refractivity contribution in [3.05, 3.63) is 40.4 Å². The smallest absolute Gasteiger partial charge is 0.158 e. The second kappa shape index (κ2) is 6.60. The van der Waals surface area contributed by atoms with Crippen molar-refractivity contribution in [2.75, 3.05) is 17.9 Å². The van der Waals surface area contributed by atoms with Crippen molar-refractivity contribution in [1.29, 1.82) is 0 Å². The Hall–Kier alpha value is -1.77. The van der Waals surface area contributed by atoms with Gasteiger partial charge in [0.1, 0.15) is 24.1 Å². The molecule has 1 aromatic heterocycles. The highest BCUT2D eigenvalue weighted by Crippen LogP contribution is 2.28. The molecule has 0 radical (unpaired) electrons. The molecule has 0 aliphatic carbocycles. The number of para-hydroxylation sites is 1. The maximum Gasteiger partial charge on any atom is 0.158 e. The van der Waals surface area contributed by atoms with Gasteiger partial charge >= 0.3 is 0 Å². The zero-order valence-electron chi connectivity index (χ0n) is 10.7. The number of nitrogen functional groups attached to an aromatic ring is 1. The Labute approximate surface area is 123 Å². The van der Waals surface area contributed by atoms with Gasteiger partial charge in [-0.3, -0.25) is 0 Å². The van der Waals surface area contributed by atoms with Gasteiger partial charge in [-0.05, 0) is 28.1 Å². The number of anilines is 3. The Balaban J connectivity index is 2.35. The van der Waals surface area contributed by atoms with Crippen molar-refractivity contribution in [2.24, 2.45) is 5.84 Å². The summed E-state index contributed by atoms with van der Waals surface area (Å²) in [5, 5.41) is 2.89. The largest absolute Gasteiger partial charge is 0.377 e. The lowest BCUT2D eigenvalue weighted by atomic mass is 10.3. The van der Waals surface area contributed by atoms with Gasteiger partial charge in [-0.2, -0.15) is 0 Å². The molecule has 0 aliphatic heterocycles. The zero-order chi connectivity index (χ0) is 14.5. The molecular formula is C12H13BrFN5O. The number of benzene rings is 1. The van der Waals surface area contributed by atoms with E-state index in [1.54, 1.807) is 18.2 Å². The van der Waals surface area contributed by atoms with Crippen molar-refractivity contribution >= 4 is 33.3 Å². The lowest BCUT2D eigenvalue weighted by Gasteiger charge is -2.11. The Kier molecular flexibility index (Phi) is 4.83. The van der Waals surface area contributed by atoms with E-state index in [9.17, 15) is 4.39 Å². The normalized spacial score (nSPS) is 10.4. The minimum atomic E-state index is -0.395. The molecule has 0 amide bonds. The predicted octanol–water partition coefficient (Wildman–Crippen LogP) is 2.55. The number of nitrogens with one attached hydrogen (secondary N) is 2. The molecule has 0 spiro atoms. The van der Waals surface area contributed by atoms with Gasteiger partial charge in [0.2, 0.25) is 0 Å². The third-order valence-electron chi connectivity index (χ3n) is 2.41. The van der Waals surface area contributed by atoms with E-state index in [4.69, 9.17) is 10.6 Å². The summed E-state index contributed by atoms with van der Waals surface area (Å²) in [5.41, 5.74) is 2.72. The zero-order valence-corrected chi connectivity index (χ0v) is 12.2. The number of aromatic nitrogens is 2. The molecule has 0 aliphatic rings. The fourth-order valence-electron chi connectivity index (χ4n) is 1.57. The van der Waals surface area contributed by atoms with Crippen LogP contribution in [-0.2, 0) is 11.3 Å². The first-order valence-corrected chi connectivity index (χ1v) is 6.48. The van der Waals surface area contributed by atoms with Crippen LogP contribution in [0.3, 0.4) is 0 Å². The lowest BCUT2D eigenvalue weighted by Crippen LogP contribution is -2.12. The third kappa shape index (κ3) is 3.41. The number of hydrazine groups is 1. The summed E-state index contributed by atoms with van der Waals surface area (Å²) in [6.45, 7) is 0.225. The number of rotatable bonds is 5. The molecule has 0 unspecified atom stereocenters. The van der Waals surface area contributed by atoms with Crippen LogP contribution < -0.4 is 16.6 Å². The van der Waals surface area contributed by atoms with Gasteiger partial charge in [-0.1, -0.05) is 6.07 Å². The molecule has 2 aromatic rings. The van der Waals surface area contributed by atoms with E-state index >= 15 is 0 Å². The number of hydrogen-bond acceptors (Lipinski definition) is 6. The Morgan fingerprint density at radius 1 is 1.35 bits per heavy atom. The van der Waals surface area contributed by atoms with Crippen molar-refractivity contribution in [3.8, 4) is 0 Å². The molecule has 8 heteroatoms. The van der Waals surface area contributed by atoms with E-state index < -0.39 is 5.82 Å². The average Bonchev–Trinajstić information content (AvgIpc) is 2.43. The van der Waals surface area contributed by atoms with Crippen LogP contribution in [0, 0.1) is 5.82 Å². The molecule has 2 rings (SSSR count). The lowest BCUT2D eigenvalue weighted by molar-refractivity contribution is 0.178. The molecule has 1 heterocycles. The first-order valence-electron chi connectivity index (χ1n) is 5.68. The van der Waals surface area contributed by atoms with Gasteiger partial charge in [0.15, 0.2) is 5.82 Å². The molecule has 0 saturated carbocycles. The molecule has 4 N–H and O–H groups in total. The maximum atomic E-state index is 13.8. The van der Waals surface area contributed by atoms with Crippen LogP contribution in [0.1, 0.15) is 5.82 Å². The quantitative estimate of drug-likeness (QED) is 0.572. The number of nitrogens with two attached hydrogens (primary N) is 1. The van der Waals surface area contributed by atoms with E-state index in [1.165, 1.54) is 13.2 Å². The van der Waals surface area contributed by atoms with Crippen molar-refractivity contribution < 1.29 is 9.13 Å². The van der Waals surface area contributed by atoms with Crippen LogP contribution in [0.15, 0.2) is 28.7 Å². The van der Waals surface area contributed by atoms with Gasteiger partial charge in [-0.25, -0.2) is 20.2 Å². The highest BCUT2D eigenvalue weighted by Gasteiger charge is 2.09. The van der Waals surface area contributed by atoms with E-state index in [2.05, 4.69) is 36.6 Å². The first-order chi connectivity index (χ1) is 9.63. The minimum Gasteiger partial charge on any atom is -0.377 e. The average molecular weight is 342 g/mol. The number of hydrogen-bond donors (Lipinski definition) is 3. The molecule has 0 atom stereocenters. The Morgan fingerprint density at radius 3 is 2.75 bits per heavy atom. The van der Waals surface area contributed by atoms with Gasteiger partial charge in [0, 0.05) is 17.6 Å². The maximum absolute atomic E-state index is 13.8. The molecule has 0 fully saturated rings. The van der Waals surface area contributed by atoms with Crippen LogP contribution in [0.4, 0.5) is 21.7 Å². The van der Waals surface area contributed by atoms with Gasteiger partial charge < -0.3 is 15.5 Å². The second-order valence-electron chi connectivity index (χ2n) is 3.85. The standard InChI is InChI=1S/C12H13BrFN5O/c1-20-6-11-16-9(5-10(17-11)19-15)18-12-7(13)3-2-4-8(12)14/h2-5H,6,15H2,1H3,(H2,16,17,18,19). The molecule has 20 heavy (non-hydrogen) atoms. The fourth-order valence-corrected chi connectivity index (χ4v) is 2.02. The summed E-state index contributed by atoms with van der Waals surface area (Å²) in [4.78, 5) is 8.33. The van der Waals surface area contributed by atoms with Crippen LogP contribution >= 0.6 is 15.9 Å². The van der Waals surface area contributed by atoms with Gasteiger partial charge in [-0.15, -0.1) is 0 Å². The van der Waals surface area contributed by atoms with Crippen molar-refractivity contribution in [1.82, 2.24) is 9.97 Å². The number of ether oxygens (including phenoxy) is 1. The summed E-state index contributed by atoms with van der Waals surface area (Å²) in [6, 6.07) is 6.25.